The number of hydrogen-bond acceptors (Lipinski definition) is 7. The summed E-state index contributed by atoms with van der Waals surface area (Å²) in [4.78, 5) is 12.8. The van der Waals surface area contributed by atoms with E-state index in [-0.39, 0.29) is 18.8 Å². The first-order chi connectivity index (χ1) is 10.5. The fourth-order valence-electron chi connectivity index (χ4n) is 3.19. The lowest BCUT2D eigenvalue weighted by atomic mass is 10.1. The average Bonchev–Trinajstić information content (AvgIpc) is 3.10. The molecule has 0 amide bonds. The zero-order chi connectivity index (χ0) is 15.5. The molecule has 8 nitrogen and oxygen atoms in total. The monoisotopic (exact) mass is 306 g/mol. The summed E-state index contributed by atoms with van der Waals surface area (Å²) in [5, 5.41) is 9.54. The van der Waals surface area contributed by atoms with E-state index in [2.05, 4.69) is 15.0 Å². The number of fused-ring (bicyclic) bond motifs is 2. The lowest BCUT2D eigenvalue weighted by molar-refractivity contribution is -0.199. The van der Waals surface area contributed by atoms with Crippen LogP contribution in [0.25, 0.3) is 11.2 Å². The highest BCUT2D eigenvalue weighted by Crippen LogP contribution is 2.43. The Morgan fingerprint density at radius 3 is 2.77 bits per heavy atom. The minimum Gasteiger partial charge on any atom is -0.394 e. The van der Waals surface area contributed by atoms with E-state index in [1.165, 1.54) is 6.33 Å². The van der Waals surface area contributed by atoms with Gasteiger partial charge in [0.15, 0.2) is 17.7 Å². The number of aliphatic hydroxyl groups excluding tert-OH is 1. The predicted octanol–water partition coefficient (Wildman–Crippen LogP) is 0.545. The van der Waals surface area contributed by atoms with Crippen LogP contribution in [0.1, 0.15) is 25.8 Å². The first-order valence-corrected chi connectivity index (χ1v) is 7.26. The van der Waals surface area contributed by atoms with Crippen molar-refractivity contribution in [3.05, 3.63) is 18.3 Å². The molecule has 1 N–H and O–H groups in total. The molecule has 2 aromatic heterocycles. The summed E-state index contributed by atoms with van der Waals surface area (Å²) in [5.41, 5.74) is 2.22. The van der Waals surface area contributed by atoms with E-state index in [0.29, 0.717) is 5.65 Å². The molecule has 4 rings (SSSR count). The lowest BCUT2D eigenvalue weighted by Crippen LogP contribution is -2.31. The van der Waals surface area contributed by atoms with Crippen LogP contribution in [0.5, 0.6) is 0 Å². The summed E-state index contributed by atoms with van der Waals surface area (Å²) in [6.07, 6.45) is 1.66. The van der Waals surface area contributed by atoms with Crippen LogP contribution in [0.3, 0.4) is 0 Å². The molecule has 4 heterocycles. The number of rotatable bonds is 2. The molecular weight excluding hydrogens is 288 g/mol. The summed E-state index contributed by atoms with van der Waals surface area (Å²) in [5.74, 6) is -0.702. The summed E-state index contributed by atoms with van der Waals surface area (Å²) < 4.78 is 19.6. The second kappa shape index (κ2) is 4.69. The number of aromatic nitrogens is 4. The third-order valence-corrected chi connectivity index (χ3v) is 4.12. The normalized spacial score (nSPS) is 33.5. The van der Waals surface area contributed by atoms with Crippen LogP contribution in [-0.2, 0) is 14.2 Å². The number of aryl methyl sites for hydroxylation is 1. The Balaban J connectivity index is 1.77. The van der Waals surface area contributed by atoms with Crippen LogP contribution in [0.15, 0.2) is 12.7 Å². The molecule has 0 radical (unpaired) electrons. The van der Waals surface area contributed by atoms with Gasteiger partial charge in [0.1, 0.15) is 30.2 Å². The topological polar surface area (TPSA) is 91.5 Å². The van der Waals surface area contributed by atoms with E-state index < -0.39 is 18.1 Å². The van der Waals surface area contributed by atoms with Gasteiger partial charge in [0.25, 0.3) is 0 Å². The number of hydrogen-bond donors (Lipinski definition) is 1. The molecular formula is C14H18N4O4. The van der Waals surface area contributed by atoms with Gasteiger partial charge >= 0.3 is 0 Å². The van der Waals surface area contributed by atoms with Crippen LogP contribution >= 0.6 is 0 Å². The van der Waals surface area contributed by atoms with Crippen molar-refractivity contribution in [2.24, 2.45) is 0 Å². The average molecular weight is 306 g/mol. The van der Waals surface area contributed by atoms with Crippen LogP contribution < -0.4 is 0 Å². The lowest BCUT2D eigenvalue weighted by Gasteiger charge is -2.24. The second-order valence-corrected chi connectivity index (χ2v) is 6.10. The van der Waals surface area contributed by atoms with E-state index in [4.69, 9.17) is 14.2 Å². The van der Waals surface area contributed by atoms with Gasteiger partial charge in [-0.2, -0.15) is 0 Å². The van der Waals surface area contributed by atoms with E-state index in [0.717, 1.165) is 11.2 Å². The van der Waals surface area contributed by atoms with Crippen LogP contribution in [-0.4, -0.2) is 55.3 Å². The van der Waals surface area contributed by atoms with Gasteiger partial charge in [0.2, 0.25) is 0 Å². The summed E-state index contributed by atoms with van der Waals surface area (Å²) in [6, 6.07) is 0. The second-order valence-electron chi connectivity index (χ2n) is 6.10. The Bertz CT molecular complexity index is 716. The van der Waals surface area contributed by atoms with Gasteiger partial charge in [-0.1, -0.05) is 0 Å². The van der Waals surface area contributed by atoms with Gasteiger partial charge in [-0.15, -0.1) is 0 Å². The molecule has 22 heavy (non-hydrogen) atoms. The minimum atomic E-state index is -0.702. The molecule has 2 fully saturated rings. The Morgan fingerprint density at radius 1 is 1.23 bits per heavy atom. The third kappa shape index (κ3) is 1.95. The van der Waals surface area contributed by atoms with Crippen molar-refractivity contribution < 1.29 is 19.3 Å². The quantitative estimate of drug-likeness (QED) is 0.866. The van der Waals surface area contributed by atoms with E-state index in [9.17, 15) is 5.11 Å². The van der Waals surface area contributed by atoms with E-state index >= 15 is 0 Å². The molecule has 0 unspecified atom stereocenters. The smallest absolute Gasteiger partial charge is 0.166 e. The highest BCUT2D eigenvalue weighted by Gasteiger charge is 2.55. The fourth-order valence-corrected chi connectivity index (χ4v) is 3.19. The fraction of sp³-hybridized carbons (Fsp3) is 0.643. The highest BCUT2D eigenvalue weighted by molar-refractivity contribution is 5.72. The zero-order valence-corrected chi connectivity index (χ0v) is 12.6. The van der Waals surface area contributed by atoms with Crippen molar-refractivity contribution in [3.8, 4) is 0 Å². The first kappa shape index (κ1) is 14.0. The van der Waals surface area contributed by atoms with Crippen molar-refractivity contribution in [2.45, 2.75) is 51.1 Å². The largest absolute Gasteiger partial charge is 0.394 e. The van der Waals surface area contributed by atoms with E-state index in [1.807, 2.05) is 25.3 Å². The standard InChI is InChI=1S/C14H18N4O4/c1-7-9-12(16-5-15-7)18(6-17-9)13-11-10(8(4-19)20-13)21-14(2,3)22-11/h5-6,8,10-11,13,19H,4H2,1-3H3/t8-,10-,11-,13-/m1/s1. The molecule has 2 saturated heterocycles. The molecule has 0 aliphatic carbocycles. The van der Waals surface area contributed by atoms with Crippen molar-refractivity contribution in [2.75, 3.05) is 6.61 Å². The maximum absolute atomic E-state index is 9.54. The van der Waals surface area contributed by atoms with Gasteiger partial charge < -0.3 is 19.3 Å². The number of imidazole rings is 1. The van der Waals surface area contributed by atoms with Crippen molar-refractivity contribution in [1.29, 1.82) is 0 Å². The number of aliphatic hydroxyl groups is 1. The minimum absolute atomic E-state index is 0.127. The molecule has 8 heteroatoms. The Morgan fingerprint density at radius 2 is 2.00 bits per heavy atom. The molecule has 0 spiro atoms. The van der Waals surface area contributed by atoms with Crippen LogP contribution in [0, 0.1) is 6.92 Å². The number of nitrogens with zero attached hydrogens (tertiary/aromatic N) is 4. The SMILES string of the molecule is Cc1ncnc2c1ncn2[C@@H]1O[C@H](CO)[C@H]2OC(C)(C)O[C@H]21. The molecule has 2 aromatic rings. The van der Waals surface area contributed by atoms with Gasteiger partial charge in [0.05, 0.1) is 18.6 Å². The van der Waals surface area contributed by atoms with Crippen molar-refractivity contribution in [3.63, 3.8) is 0 Å². The Labute approximate surface area is 127 Å². The van der Waals surface area contributed by atoms with Crippen molar-refractivity contribution in [1.82, 2.24) is 19.5 Å². The third-order valence-electron chi connectivity index (χ3n) is 4.12. The van der Waals surface area contributed by atoms with Crippen LogP contribution in [0.2, 0.25) is 0 Å². The van der Waals surface area contributed by atoms with Gasteiger partial charge in [-0.3, -0.25) is 4.57 Å². The number of ether oxygens (including phenoxy) is 3. The maximum atomic E-state index is 9.54. The molecule has 118 valence electrons. The summed E-state index contributed by atoms with van der Waals surface area (Å²) >= 11 is 0. The molecule has 0 saturated carbocycles. The maximum Gasteiger partial charge on any atom is 0.166 e. The first-order valence-electron chi connectivity index (χ1n) is 7.26. The summed E-state index contributed by atoms with van der Waals surface area (Å²) in [7, 11) is 0. The highest BCUT2D eigenvalue weighted by atomic mass is 16.8. The molecule has 0 bridgehead atoms. The Kier molecular flexibility index (Phi) is 2.99. The zero-order valence-electron chi connectivity index (χ0n) is 12.6. The molecule has 2 aliphatic heterocycles. The van der Waals surface area contributed by atoms with E-state index in [1.54, 1.807) is 6.33 Å². The van der Waals surface area contributed by atoms with Gasteiger partial charge in [0, 0.05) is 0 Å². The van der Waals surface area contributed by atoms with Gasteiger partial charge in [-0.05, 0) is 20.8 Å². The van der Waals surface area contributed by atoms with Crippen LogP contribution in [0.4, 0.5) is 0 Å². The molecule has 2 aliphatic rings. The molecule has 4 atom stereocenters. The summed E-state index contributed by atoms with van der Waals surface area (Å²) in [6.45, 7) is 5.47. The molecule has 0 aromatic carbocycles. The van der Waals surface area contributed by atoms with Gasteiger partial charge in [-0.25, -0.2) is 15.0 Å². The predicted molar refractivity (Wildman–Crippen MR) is 74.9 cm³/mol. The van der Waals surface area contributed by atoms with Crippen molar-refractivity contribution >= 4 is 11.2 Å². The Hall–Kier alpha value is -1.61.